The number of halogens is 2. The van der Waals surface area contributed by atoms with E-state index in [2.05, 4.69) is 10.2 Å². The van der Waals surface area contributed by atoms with Crippen molar-refractivity contribution in [1.82, 2.24) is 10.2 Å². The Morgan fingerprint density at radius 2 is 2.11 bits per heavy atom. The number of nitrogens with two attached hydrogens (primary N) is 1. The van der Waals surface area contributed by atoms with Gasteiger partial charge in [-0.1, -0.05) is 16.7 Å². The molecule has 1 heterocycles. The third-order valence-electron chi connectivity index (χ3n) is 2.09. The van der Waals surface area contributed by atoms with Crippen LogP contribution in [-0.4, -0.2) is 18.6 Å². The molecule has 0 amide bonds. The highest BCUT2D eigenvalue weighted by Gasteiger charge is 2.22. The highest BCUT2D eigenvalue weighted by molar-refractivity contribution is 7.92. The lowest BCUT2D eigenvalue weighted by atomic mass is 10.3. The summed E-state index contributed by atoms with van der Waals surface area (Å²) in [5, 5.41) is 6.62. The molecule has 1 aromatic heterocycles. The van der Waals surface area contributed by atoms with E-state index in [1.54, 1.807) is 0 Å². The van der Waals surface area contributed by atoms with Crippen molar-refractivity contribution in [2.24, 2.45) is 0 Å². The predicted molar refractivity (Wildman–Crippen MR) is 65.7 cm³/mol. The first kappa shape index (κ1) is 13.6. The molecule has 2 aromatic rings. The smallest absolute Gasteiger partial charge is 0.329 e. The van der Waals surface area contributed by atoms with Crippen molar-refractivity contribution in [3.05, 3.63) is 28.9 Å². The standard InChI is InChI=1S/C9H8ClFN4O3S/c1-4-13-14-9(18-4)15-19(16,17)8-3-7(12)6(11)2-5(8)10/h2-3H,12H2,1H3,(H,14,15). The number of rotatable bonds is 3. The maximum absolute atomic E-state index is 13.1. The van der Waals surface area contributed by atoms with Gasteiger partial charge in [0.05, 0.1) is 10.7 Å². The van der Waals surface area contributed by atoms with Gasteiger partial charge in [0.15, 0.2) is 0 Å². The molecule has 0 unspecified atom stereocenters. The minimum absolute atomic E-state index is 0.183. The molecule has 102 valence electrons. The lowest BCUT2D eigenvalue weighted by molar-refractivity contribution is 0.534. The zero-order chi connectivity index (χ0) is 14.2. The normalized spacial score (nSPS) is 11.5. The minimum Gasteiger partial charge on any atom is -0.408 e. The van der Waals surface area contributed by atoms with Gasteiger partial charge < -0.3 is 10.2 Å². The summed E-state index contributed by atoms with van der Waals surface area (Å²) in [6.07, 6.45) is 0. The number of aromatic nitrogens is 2. The highest BCUT2D eigenvalue weighted by Crippen LogP contribution is 2.27. The van der Waals surface area contributed by atoms with E-state index in [0.717, 1.165) is 12.1 Å². The summed E-state index contributed by atoms with van der Waals surface area (Å²) < 4.78 is 44.0. The Bertz CT molecular complexity index is 731. The van der Waals surface area contributed by atoms with E-state index < -0.39 is 15.8 Å². The first-order valence-electron chi connectivity index (χ1n) is 4.87. The van der Waals surface area contributed by atoms with E-state index in [0.29, 0.717) is 0 Å². The Balaban J connectivity index is 2.42. The van der Waals surface area contributed by atoms with Crippen LogP contribution in [0.1, 0.15) is 5.89 Å². The molecule has 10 heteroatoms. The van der Waals surface area contributed by atoms with Gasteiger partial charge in [-0.2, -0.15) is 0 Å². The monoisotopic (exact) mass is 306 g/mol. The minimum atomic E-state index is -4.09. The maximum atomic E-state index is 13.1. The SMILES string of the molecule is Cc1nnc(NS(=O)(=O)c2cc(N)c(F)cc2Cl)o1. The van der Waals surface area contributed by atoms with Crippen LogP contribution in [0.15, 0.2) is 21.4 Å². The third-order valence-corrected chi connectivity index (χ3v) is 3.87. The van der Waals surface area contributed by atoms with Crippen LogP contribution in [0.3, 0.4) is 0 Å². The van der Waals surface area contributed by atoms with Gasteiger partial charge in [-0.05, 0) is 12.1 Å². The molecule has 19 heavy (non-hydrogen) atoms. The zero-order valence-electron chi connectivity index (χ0n) is 9.52. The molecule has 0 aliphatic rings. The zero-order valence-corrected chi connectivity index (χ0v) is 11.1. The van der Waals surface area contributed by atoms with E-state index in [1.165, 1.54) is 6.92 Å². The number of nitrogen functional groups attached to an aromatic ring is 1. The van der Waals surface area contributed by atoms with Crippen LogP contribution in [-0.2, 0) is 10.0 Å². The molecule has 1 aromatic carbocycles. The van der Waals surface area contributed by atoms with Crippen molar-refractivity contribution < 1.29 is 17.2 Å². The number of aryl methyl sites for hydroxylation is 1. The van der Waals surface area contributed by atoms with Gasteiger partial charge in [0.1, 0.15) is 10.7 Å². The first-order chi connectivity index (χ1) is 8.79. The molecule has 0 atom stereocenters. The molecule has 0 saturated heterocycles. The molecular weight excluding hydrogens is 299 g/mol. The fourth-order valence-electron chi connectivity index (χ4n) is 1.26. The van der Waals surface area contributed by atoms with E-state index in [4.69, 9.17) is 21.8 Å². The van der Waals surface area contributed by atoms with Gasteiger partial charge in [-0.15, -0.1) is 5.10 Å². The molecule has 3 N–H and O–H groups in total. The van der Waals surface area contributed by atoms with Crippen molar-refractivity contribution in [1.29, 1.82) is 0 Å². The second kappa shape index (κ2) is 4.67. The molecule has 7 nitrogen and oxygen atoms in total. The van der Waals surface area contributed by atoms with E-state index in [9.17, 15) is 12.8 Å². The number of benzene rings is 1. The largest absolute Gasteiger partial charge is 0.408 e. The number of nitrogens with zero attached hydrogens (tertiary/aromatic N) is 2. The van der Waals surface area contributed by atoms with Crippen LogP contribution in [0.25, 0.3) is 0 Å². The van der Waals surface area contributed by atoms with Gasteiger partial charge in [-0.3, -0.25) is 0 Å². The maximum Gasteiger partial charge on any atom is 0.329 e. The summed E-state index contributed by atoms with van der Waals surface area (Å²) in [4.78, 5) is -0.385. The Kier molecular flexibility index (Phi) is 3.33. The van der Waals surface area contributed by atoms with Crippen LogP contribution in [0.4, 0.5) is 16.1 Å². The second-order valence-electron chi connectivity index (χ2n) is 3.54. The summed E-state index contributed by atoms with van der Waals surface area (Å²) in [5.41, 5.74) is 4.97. The van der Waals surface area contributed by atoms with Crippen LogP contribution in [0.5, 0.6) is 0 Å². The van der Waals surface area contributed by atoms with Crippen molar-refractivity contribution in [3.63, 3.8) is 0 Å². The fourth-order valence-corrected chi connectivity index (χ4v) is 2.73. The summed E-state index contributed by atoms with van der Waals surface area (Å²) >= 11 is 5.68. The van der Waals surface area contributed by atoms with E-state index >= 15 is 0 Å². The Morgan fingerprint density at radius 1 is 1.42 bits per heavy atom. The molecule has 0 saturated carbocycles. The van der Waals surface area contributed by atoms with Gasteiger partial charge in [0, 0.05) is 6.92 Å². The molecule has 0 bridgehead atoms. The number of anilines is 2. The molecule has 0 radical (unpaired) electrons. The second-order valence-corrected chi connectivity index (χ2v) is 5.59. The fraction of sp³-hybridized carbons (Fsp3) is 0.111. The molecule has 2 rings (SSSR count). The van der Waals surface area contributed by atoms with Crippen molar-refractivity contribution >= 4 is 33.3 Å². The summed E-state index contributed by atoms with van der Waals surface area (Å²) in [6.45, 7) is 1.49. The van der Waals surface area contributed by atoms with Crippen molar-refractivity contribution in [3.8, 4) is 0 Å². The lowest BCUT2D eigenvalue weighted by Gasteiger charge is -2.07. The van der Waals surface area contributed by atoms with Crippen LogP contribution in [0, 0.1) is 12.7 Å². The van der Waals surface area contributed by atoms with Gasteiger partial charge in [-0.25, -0.2) is 17.5 Å². The molecule has 0 spiro atoms. The summed E-state index contributed by atoms with van der Waals surface area (Å²) in [6, 6.07) is 1.39. The highest BCUT2D eigenvalue weighted by atomic mass is 35.5. The third kappa shape index (κ3) is 2.76. The molecule has 0 aliphatic heterocycles. The quantitative estimate of drug-likeness (QED) is 0.832. The summed E-state index contributed by atoms with van der Waals surface area (Å²) in [5.74, 6) is -0.625. The molecule has 0 aliphatic carbocycles. The number of hydrogen-bond donors (Lipinski definition) is 2. The Labute approximate surface area is 112 Å². The van der Waals surface area contributed by atoms with Gasteiger partial charge >= 0.3 is 6.01 Å². The Morgan fingerprint density at radius 3 is 2.68 bits per heavy atom. The average molecular weight is 307 g/mol. The Hall–Kier alpha value is -1.87. The van der Waals surface area contributed by atoms with Crippen molar-refractivity contribution in [2.75, 3.05) is 10.5 Å². The van der Waals surface area contributed by atoms with E-state index in [1.807, 2.05) is 4.72 Å². The van der Waals surface area contributed by atoms with Gasteiger partial charge in [0.25, 0.3) is 10.0 Å². The molecule has 0 fully saturated rings. The lowest BCUT2D eigenvalue weighted by Crippen LogP contribution is -2.14. The van der Waals surface area contributed by atoms with E-state index in [-0.39, 0.29) is 27.5 Å². The molecular formula is C9H8ClFN4O3S. The van der Waals surface area contributed by atoms with Crippen molar-refractivity contribution in [2.45, 2.75) is 11.8 Å². The average Bonchev–Trinajstić information content (AvgIpc) is 2.68. The number of hydrogen-bond acceptors (Lipinski definition) is 6. The first-order valence-corrected chi connectivity index (χ1v) is 6.73. The van der Waals surface area contributed by atoms with Crippen LogP contribution in [0.2, 0.25) is 5.02 Å². The predicted octanol–water partition coefficient (Wildman–Crippen LogP) is 1.55. The van der Waals surface area contributed by atoms with Gasteiger partial charge in [0.2, 0.25) is 5.89 Å². The topological polar surface area (TPSA) is 111 Å². The number of nitrogens with one attached hydrogen (secondary N) is 1. The van der Waals surface area contributed by atoms with Crippen LogP contribution >= 0.6 is 11.6 Å². The number of sulfonamides is 1. The summed E-state index contributed by atoms with van der Waals surface area (Å²) in [7, 11) is -4.09. The van der Waals surface area contributed by atoms with Crippen LogP contribution < -0.4 is 10.5 Å².